The molecule has 0 fully saturated rings. The van der Waals surface area contributed by atoms with Crippen LogP contribution in [0.4, 0.5) is 9.18 Å². The fraction of sp³-hybridized carbons (Fsp3) is 0. The van der Waals surface area contributed by atoms with Crippen molar-refractivity contribution in [1.82, 2.24) is 0 Å². The zero-order valence-electron chi connectivity index (χ0n) is 6.61. The van der Waals surface area contributed by atoms with E-state index in [1.807, 2.05) is 0 Å². The van der Waals surface area contributed by atoms with Crippen molar-refractivity contribution < 1.29 is 13.9 Å². The Bertz CT molecular complexity index is 333. The first-order valence-electron chi connectivity index (χ1n) is 3.33. The number of ether oxygens (including phenoxy) is 1. The molecule has 0 radical (unpaired) electrons. The topological polar surface area (TPSA) is 26.3 Å². The van der Waals surface area contributed by atoms with Gasteiger partial charge in [-0.25, -0.2) is 4.39 Å². The Morgan fingerprint density at radius 3 is 2.23 bits per heavy atom. The lowest BCUT2D eigenvalue weighted by Crippen LogP contribution is -2.04. The Morgan fingerprint density at radius 1 is 1.38 bits per heavy atom. The molecule has 0 spiro atoms. The van der Waals surface area contributed by atoms with Crippen LogP contribution in [0, 0.1) is 5.82 Å². The Balaban J connectivity index is 3.06. The van der Waals surface area contributed by atoms with Gasteiger partial charge in [0.15, 0.2) is 5.82 Å². The molecule has 68 valence electrons. The summed E-state index contributed by atoms with van der Waals surface area (Å²) >= 11 is 10.9. The summed E-state index contributed by atoms with van der Waals surface area (Å²) in [6.07, 6.45) is 0. The predicted octanol–water partition coefficient (Wildman–Crippen LogP) is 2.26. The average molecular weight is 221 g/mol. The highest BCUT2D eigenvalue weighted by Gasteiger charge is 2.08. The first-order valence-corrected chi connectivity index (χ1v) is 4.09. The van der Waals surface area contributed by atoms with Crippen LogP contribution in [0.2, 0.25) is 10.0 Å². The van der Waals surface area contributed by atoms with E-state index in [9.17, 15) is 9.18 Å². The fourth-order valence-corrected chi connectivity index (χ4v) is 1.22. The summed E-state index contributed by atoms with van der Waals surface area (Å²) in [4.78, 5) is 10.5. The highest BCUT2D eigenvalue weighted by molar-refractivity contribution is 6.55. The molecule has 0 aromatic heterocycles. The van der Waals surface area contributed by atoms with Crippen molar-refractivity contribution in [1.29, 1.82) is 0 Å². The smallest absolute Gasteiger partial charge is 0.248 e. The second kappa shape index (κ2) is 3.98. The van der Waals surface area contributed by atoms with Crippen LogP contribution < -0.4 is 4.74 Å². The summed E-state index contributed by atoms with van der Waals surface area (Å²) in [5.41, 5.74) is 0. The van der Waals surface area contributed by atoms with Gasteiger partial charge in [-0.3, -0.25) is 4.79 Å². The van der Waals surface area contributed by atoms with Gasteiger partial charge in [-0.15, -0.1) is 0 Å². The fourth-order valence-electron chi connectivity index (χ4n) is 0.757. The summed E-state index contributed by atoms with van der Waals surface area (Å²) in [7, 11) is 1.23. The largest absolute Gasteiger partial charge is 0.435 e. The van der Waals surface area contributed by atoms with Crippen molar-refractivity contribution in [2.75, 3.05) is 0 Å². The molecule has 0 heterocycles. The molecule has 0 N–H and O–H groups in total. The third-order valence-corrected chi connectivity index (χ3v) is 1.77. The molecule has 0 bridgehead atoms. The van der Waals surface area contributed by atoms with Crippen LogP contribution in [-0.2, 0) is 0 Å². The van der Waals surface area contributed by atoms with E-state index < -0.39 is 11.7 Å². The molecule has 0 unspecified atom stereocenters. The van der Waals surface area contributed by atoms with Crippen molar-refractivity contribution in [2.24, 2.45) is 0 Å². The molecule has 0 aliphatic heterocycles. The third-order valence-electron chi connectivity index (χ3n) is 1.22. The Kier molecular flexibility index (Phi) is 3.17. The average Bonchev–Trinajstić information content (AvgIpc) is 1.98. The molecule has 0 saturated heterocycles. The summed E-state index contributed by atoms with van der Waals surface area (Å²) < 4.78 is 17.5. The van der Waals surface area contributed by atoms with Gasteiger partial charge in [0, 0.05) is 12.1 Å². The van der Waals surface area contributed by atoms with Crippen LogP contribution in [0.3, 0.4) is 0 Å². The number of hydrogen-bond donors (Lipinski definition) is 0. The Labute approximate surface area is 85.0 Å². The minimum atomic E-state index is -0.723. The zero-order chi connectivity index (χ0) is 10.0. The molecule has 1 rings (SSSR count). The lowest BCUT2D eigenvalue weighted by molar-refractivity contribution is 0.225. The van der Waals surface area contributed by atoms with Gasteiger partial charge in [0.25, 0.3) is 0 Å². The van der Waals surface area contributed by atoms with Crippen molar-refractivity contribution in [2.45, 2.75) is 0 Å². The second-order valence-electron chi connectivity index (χ2n) is 2.29. The van der Waals surface area contributed by atoms with E-state index in [4.69, 9.17) is 23.2 Å². The van der Waals surface area contributed by atoms with Crippen LogP contribution in [-0.4, -0.2) is 13.7 Å². The molecular formula is C7H4BCl2FO2. The van der Waals surface area contributed by atoms with E-state index >= 15 is 0 Å². The van der Waals surface area contributed by atoms with Gasteiger partial charge in [-0.05, 0) is 0 Å². The molecule has 0 saturated carbocycles. The summed E-state index contributed by atoms with van der Waals surface area (Å²) in [6.45, 7) is 0. The molecule has 6 heteroatoms. The van der Waals surface area contributed by atoms with E-state index in [1.54, 1.807) is 0 Å². The standard InChI is InChI=1S/C7H4BCl2FO2/c8-7(12)13-3-1-4(9)6(11)5(10)2-3/h1-2H,8H2. The predicted molar refractivity (Wildman–Crippen MR) is 51.0 cm³/mol. The maximum atomic E-state index is 12.8. The molecule has 1 aromatic rings. The van der Waals surface area contributed by atoms with E-state index in [1.165, 1.54) is 20.0 Å². The zero-order valence-corrected chi connectivity index (χ0v) is 8.12. The quantitative estimate of drug-likeness (QED) is 0.536. The van der Waals surface area contributed by atoms with Gasteiger partial charge in [-0.1, -0.05) is 23.2 Å². The minimum Gasteiger partial charge on any atom is -0.435 e. The second-order valence-corrected chi connectivity index (χ2v) is 3.11. The van der Waals surface area contributed by atoms with E-state index in [0.29, 0.717) is 0 Å². The monoisotopic (exact) mass is 220 g/mol. The maximum Gasteiger partial charge on any atom is 0.248 e. The molecule has 2 nitrogen and oxygen atoms in total. The number of benzene rings is 1. The minimum absolute atomic E-state index is 0.129. The number of halogens is 3. The van der Waals surface area contributed by atoms with Gasteiger partial charge in [0.1, 0.15) is 5.75 Å². The van der Waals surface area contributed by atoms with Crippen LogP contribution in [0.5, 0.6) is 5.75 Å². The first kappa shape index (κ1) is 10.3. The van der Waals surface area contributed by atoms with Gasteiger partial charge in [0.2, 0.25) is 13.7 Å². The summed E-state index contributed by atoms with van der Waals surface area (Å²) in [6, 6.07) is 2.37. The third kappa shape index (κ3) is 2.61. The van der Waals surface area contributed by atoms with Crippen molar-refractivity contribution in [3.05, 3.63) is 28.0 Å². The van der Waals surface area contributed by atoms with E-state index in [-0.39, 0.29) is 15.8 Å². The summed E-state index contributed by atoms with van der Waals surface area (Å²) in [5, 5.41) is -0.354. The van der Waals surface area contributed by atoms with Crippen LogP contribution >= 0.6 is 23.2 Å². The molecule has 13 heavy (non-hydrogen) atoms. The SMILES string of the molecule is BC(=O)Oc1cc(Cl)c(F)c(Cl)c1. The van der Waals surface area contributed by atoms with Gasteiger partial charge in [-0.2, -0.15) is 0 Å². The van der Waals surface area contributed by atoms with Crippen molar-refractivity contribution >= 4 is 36.9 Å². The number of carbonyl (C=O) groups excluding carboxylic acids is 1. The van der Waals surface area contributed by atoms with Crippen molar-refractivity contribution in [3.8, 4) is 5.75 Å². The normalized spacial score (nSPS) is 9.77. The van der Waals surface area contributed by atoms with Crippen molar-refractivity contribution in [3.63, 3.8) is 0 Å². The molecule has 0 aliphatic rings. The molecule has 0 amide bonds. The Hall–Kier alpha value is -0.735. The molecule has 1 aromatic carbocycles. The highest BCUT2D eigenvalue weighted by atomic mass is 35.5. The number of carbonyl (C=O) groups is 1. The Morgan fingerprint density at radius 2 is 1.85 bits per heavy atom. The lowest BCUT2D eigenvalue weighted by atomic mass is 10.2. The van der Waals surface area contributed by atoms with E-state index in [0.717, 1.165) is 0 Å². The highest BCUT2D eigenvalue weighted by Crippen LogP contribution is 2.28. The first-order chi connectivity index (χ1) is 6.00. The molecule has 0 atom stereocenters. The molecular weight excluding hydrogens is 217 g/mol. The number of hydrogen-bond acceptors (Lipinski definition) is 2. The number of rotatable bonds is 1. The van der Waals surface area contributed by atoms with Gasteiger partial charge >= 0.3 is 0 Å². The summed E-state index contributed by atoms with van der Waals surface area (Å²) in [5.74, 6) is -1.11. The van der Waals surface area contributed by atoms with Crippen LogP contribution in [0.1, 0.15) is 0 Å². The van der Waals surface area contributed by atoms with Gasteiger partial charge in [0.05, 0.1) is 10.0 Å². The maximum absolute atomic E-state index is 12.8. The lowest BCUT2D eigenvalue weighted by Gasteiger charge is -2.03. The van der Waals surface area contributed by atoms with Gasteiger partial charge < -0.3 is 4.74 Å². The molecule has 0 aliphatic carbocycles. The van der Waals surface area contributed by atoms with Crippen LogP contribution in [0.15, 0.2) is 12.1 Å². The van der Waals surface area contributed by atoms with E-state index in [2.05, 4.69) is 4.74 Å². The van der Waals surface area contributed by atoms with Crippen LogP contribution in [0.25, 0.3) is 0 Å².